The Labute approximate surface area is 317 Å². The average molecular weight is 764 g/mol. The lowest BCUT2D eigenvalue weighted by molar-refractivity contribution is -0.148. The molecule has 14 heteroatoms. The molecule has 1 saturated carbocycles. The van der Waals surface area contributed by atoms with Crippen LogP contribution >= 0.6 is 23.1 Å². The predicted molar refractivity (Wildman–Crippen MR) is 205 cm³/mol. The Morgan fingerprint density at radius 1 is 0.962 bits per heavy atom. The lowest BCUT2D eigenvalue weighted by Gasteiger charge is -2.39. The summed E-state index contributed by atoms with van der Waals surface area (Å²) in [6.07, 6.45) is 4.22. The molecule has 1 aromatic heterocycles. The fourth-order valence-electron chi connectivity index (χ4n) is 6.52. The molecular formula is C38H61N5O7S2. The number of aryl methyl sites for hydroxylation is 1. The van der Waals surface area contributed by atoms with Gasteiger partial charge >= 0.3 is 12.0 Å². The van der Waals surface area contributed by atoms with Crippen molar-refractivity contribution in [3.8, 4) is 0 Å². The van der Waals surface area contributed by atoms with Crippen LogP contribution in [-0.4, -0.2) is 82.6 Å². The van der Waals surface area contributed by atoms with Crippen molar-refractivity contribution in [3.63, 3.8) is 0 Å². The highest BCUT2D eigenvalue weighted by molar-refractivity contribution is 7.99. The normalized spacial score (nSPS) is 19.7. The number of carbonyl (C=O) groups is 6. The number of esters is 1. The van der Waals surface area contributed by atoms with Gasteiger partial charge in [-0.1, -0.05) is 75.2 Å². The van der Waals surface area contributed by atoms with Gasteiger partial charge in [0.15, 0.2) is 0 Å². The minimum Gasteiger partial charge on any atom is -0.459 e. The molecule has 5 amide bonds. The van der Waals surface area contributed by atoms with Crippen LogP contribution in [0.1, 0.15) is 105 Å². The zero-order chi connectivity index (χ0) is 39.2. The average Bonchev–Trinajstić information content (AvgIpc) is 3.56. The molecule has 2 fully saturated rings. The Hall–Kier alpha value is -3.13. The summed E-state index contributed by atoms with van der Waals surface area (Å²) in [7, 11) is 0. The van der Waals surface area contributed by atoms with E-state index in [2.05, 4.69) is 16.0 Å². The number of nitrogens with two attached hydrogens (primary N) is 1. The first-order valence-electron chi connectivity index (χ1n) is 18.3. The number of amides is 5. The Morgan fingerprint density at radius 2 is 1.62 bits per heavy atom. The van der Waals surface area contributed by atoms with Gasteiger partial charge in [0, 0.05) is 22.7 Å². The van der Waals surface area contributed by atoms with Gasteiger partial charge in [-0.2, -0.15) is 11.8 Å². The molecule has 1 saturated heterocycles. The van der Waals surface area contributed by atoms with E-state index in [1.165, 1.54) is 29.5 Å². The summed E-state index contributed by atoms with van der Waals surface area (Å²) in [5.41, 5.74) is 4.71. The van der Waals surface area contributed by atoms with E-state index in [-0.39, 0.29) is 30.2 Å². The number of ether oxygens (including phenoxy) is 1. The lowest BCUT2D eigenvalue weighted by Crippen LogP contribution is -2.62. The van der Waals surface area contributed by atoms with Crippen molar-refractivity contribution in [3.05, 3.63) is 21.9 Å². The maximum absolute atomic E-state index is 14.5. The minimum absolute atomic E-state index is 0.0780. The zero-order valence-corrected chi connectivity index (χ0v) is 34.3. The highest BCUT2D eigenvalue weighted by atomic mass is 32.2. The number of thioether (sulfide) groups is 1. The van der Waals surface area contributed by atoms with Gasteiger partial charge in [-0.3, -0.25) is 19.2 Å². The highest BCUT2D eigenvalue weighted by Gasteiger charge is 2.50. The number of primary amides is 1. The Morgan fingerprint density at radius 3 is 2.13 bits per heavy atom. The van der Waals surface area contributed by atoms with Crippen molar-refractivity contribution >= 4 is 58.6 Å². The SMILES string of the molecule is Cc1cc(COC(=O)[C@H](CC(C)(C)C)NC(=O)N[C@H](C(=O)N2CC[C@H](C(C)(C)C)[C@H]2C(=O)NC(CSCCC2CC2)C(=O)C(N)=O)C(C)(C)C)cs1. The monoisotopic (exact) mass is 763 g/mol. The first-order valence-corrected chi connectivity index (χ1v) is 20.3. The Kier molecular flexibility index (Phi) is 14.8. The quantitative estimate of drug-likeness (QED) is 0.104. The number of thiophene rings is 1. The van der Waals surface area contributed by atoms with Gasteiger partial charge < -0.3 is 31.3 Å². The van der Waals surface area contributed by atoms with Gasteiger partial charge in [-0.25, -0.2) is 9.59 Å². The van der Waals surface area contributed by atoms with Crippen LogP contribution in [0.2, 0.25) is 0 Å². The molecule has 2 heterocycles. The Balaban J connectivity index is 1.81. The van der Waals surface area contributed by atoms with E-state index in [0.29, 0.717) is 18.8 Å². The summed E-state index contributed by atoms with van der Waals surface area (Å²) < 4.78 is 5.59. The summed E-state index contributed by atoms with van der Waals surface area (Å²) in [4.78, 5) is 82.9. The Bertz CT molecular complexity index is 1450. The molecule has 5 atom stereocenters. The van der Waals surface area contributed by atoms with Crippen LogP contribution in [0.4, 0.5) is 4.79 Å². The molecule has 292 valence electrons. The number of likely N-dealkylation sites (tertiary alicyclic amines) is 1. The summed E-state index contributed by atoms with van der Waals surface area (Å²) in [6.45, 7) is 19.6. The van der Waals surface area contributed by atoms with Gasteiger partial charge in [0.2, 0.25) is 17.6 Å². The molecule has 1 unspecified atom stereocenters. The van der Waals surface area contributed by atoms with E-state index in [1.807, 2.05) is 80.7 Å². The summed E-state index contributed by atoms with van der Waals surface area (Å²) in [5.74, 6) is -2.19. The number of hydrogen-bond acceptors (Lipinski definition) is 9. The zero-order valence-electron chi connectivity index (χ0n) is 32.7. The maximum Gasteiger partial charge on any atom is 0.329 e. The van der Waals surface area contributed by atoms with Gasteiger partial charge in [0.05, 0.1) is 0 Å². The van der Waals surface area contributed by atoms with E-state index in [9.17, 15) is 28.8 Å². The smallest absolute Gasteiger partial charge is 0.329 e. The molecule has 3 rings (SSSR count). The summed E-state index contributed by atoms with van der Waals surface area (Å²) in [6, 6.07) is -2.93. The predicted octanol–water partition coefficient (Wildman–Crippen LogP) is 4.95. The molecule has 5 N–H and O–H groups in total. The lowest BCUT2D eigenvalue weighted by atomic mass is 9.75. The van der Waals surface area contributed by atoms with Crippen LogP contribution < -0.4 is 21.7 Å². The van der Waals surface area contributed by atoms with Crippen LogP contribution in [0, 0.1) is 35.0 Å². The third-order valence-electron chi connectivity index (χ3n) is 9.55. The first-order chi connectivity index (χ1) is 24.0. The van der Waals surface area contributed by atoms with Gasteiger partial charge in [0.25, 0.3) is 5.91 Å². The van der Waals surface area contributed by atoms with Crippen LogP contribution in [0.3, 0.4) is 0 Å². The molecular weight excluding hydrogens is 703 g/mol. The largest absolute Gasteiger partial charge is 0.459 e. The number of nitrogens with one attached hydrogen (secondary N) is 3. The second kappa shape index (κ2) is 17.8. The minimum atomic E-state index is -1.13. The second-order valence-corrected chi connectivity index (χ2v) is 20.0. The van der Waals surface area contributed by atoms with Crippen molar-refractivity contribution in [2.45, 2.75) is 132 Å². The summed E-state index contributed by atoms with van der Waals surface area (Å²) >= 11 is 3.05. The first kappa shape index (κ1) is 43.3. The second-order valence-electron chi connectivity index (χ2n) is 17.7. The van der Waals surface area contributed by atoms with E-state index in [4.69, 9.17) is 10.5 Å². The van der Waals surface area contributed by atoms with E-state index >= 15 is 0 Å². The van der Waals surface area contributed by atoms with Crippen LogP contribution in [0.5, 0.6) is 0 Å². The molecule has 1 aliphatic carbocycles. The van der Waals surface area contributed by atoms with Crippen LogP contribution in [-0.2, 0) is 35.3 Å². The van der Waals surface area contributed by atoms with Crippen molar-refractivity contribution in [1.82, 2.24) is 20.9 Å². The van der Waals surface area contributed by atoms with E-state index in [0.717, 1.165) is 22.6 Å². The van der Waals surface area contributed by atoms with Crippen LogP contribution in [0.25, 0.3) is 0 Å². The highest BCUT2D eigenvalue weighted by Crippen LogP contribution is 2.40. The van der Waals surface area contributed by atoms with E-state index in [1.54, 1.807) is 11.3 Å². The molecule has 0 aromatic carbocycles. The molecule has 0 spiro atoms. The topological polar surface area (TPSA) is 177 Å². The van der Waals surface area contributed by atoms with Crippen molar-refractivity contribution in [1.29, 1.82) is 0 Å². The number of Topliss-reactive ketones (excluding diaryl/α,β-unsaturated/α-hetero) is 1. The van der Waals surface area contributed by atoms with Gasteiger partial charge in [0.1, 0.15) is 30.8 Å². The molecule has 0 radical (unpaired) electrons. The molecule has 0 bridgehead atoms. The standard InChI is InChI=1S/C38H61N5O7S2/c1-22-17-24(20-52-22)19-50-34(48)26(18-36(2,3)4)41-35(49)42-30(38(8,9)10)33(47)43-15-13-25(37(5,6)7)28(43)32(46)40-27(29(44)31(39)45)21-51-16-14-23-11-12-23/h17,20,23,25-28,30H,11-16,18-19,21H2,1-10H3,(H2,39,45)(H,40,46)(H2,41,42,49)/t25-,26-,27?,28-,30+/m0/s1. The molecule has 12 nitrogen and oxygen atoms in total. The fraction of sp³-hybridized carbons (Fsp3) is 0.737. The van der Waals surface area contributed by atoms with Crippen molar-refractivity contribution in [2.75, 3.05) is 18.1 Å². The third-order valence-corrected chi connectivity index (χ3v) is 11.6. The van der Waals surface area contributed by atoms with Crippen molar-refractivity contribution in [2.24, 2.45) is 33.8 Å². The fourth-order valence-corrected chi connectivity index (χ4v) is 8.35. The third kappa shape index (κ3) is 13.1. The number of urea groups is 1. The number of carbonyl (C=O) groups excluding carboxylic acids is 6. The molecule has 1 aromatic rings. The number of nitrogens with zero attached hydrogens (tertiary/aromatic N) is 1. The summed E-state index contributed by atoms with van der Waals surface area (Å²) in [5, 5.41) is 10.3. The molecule has 1 aliphatic heterocycles. The number of ketones is 1. The van der Waals surface area contributed by atoms with Crippen LogP contribution in [0.15, 0.2) is 11.4 Å². The van der Waals surface area contributed by atoms with E-state index < -0.39 is 70.5 Å². The maximum atomic E-state index is 14.5. The number of rotatable bonds is 16. The van der Waals surface area contributed by atoms with Gasteiger partial charge in [-0.05, 0) is 71.5 Å². The van der Waals surface area contributed by atoms with Crippen molar-refractivity contribution < 1.29 is 33.5 Å². The number of hydrogen-bond donors (Lipinski definition) is 4. The molecule has 52 heavy (non-hydrogen) atoms. The van der Waals surface area contributed by atoms with Gasteiger partial charge in [-0.15, -0.1) is 11.3 Å². The molecule has 2 aliphatic rings.